The molecule has 16 heavy (non-hydrogen) atoms. The lowest BCUT2D eigenvalue weighted by Gasteiger charge is -2.20. The highest BCUT2D eigenvalue weighted by Gasteiger charge is 2.33. The van der Waals surface area contributed by atoms with E-state index in [1.807, 2.05) is 4.90 Å². The van der Waals surface area contributed by atoms with Crippen LogP contribution in [0, 0.1) is 0 Å². The average Bonchev–Trinajstić information content (AvgIpc) is 2.58. The molecule has 6 nitrogen and oxygen atoms in total. The number of nitrogens with one attached hydrogen (secondary N) is 1. The molecule has 0 saturated carbocycles. The maximum Gasteiger partial charge on any atom is 0.295 e. The normalized spacial score (nSPS) is 24.8. The highest BCUT2D eigenvalue weighted by Crippen LogP contribution is 2.28. The molecule has 1 aromatic heterocycles. The maximum absolute atomic E-state index is 11.5. The van der Waals surface area contributed by atoms with Gasteiger partial charge in [0, 0.05) is 13.1 Å². The van der Waals surface area contributed by atoms with Crippen LogP contribution in [0.1, 0.15) is 13.3 Å². The molecular formula is C10H15N3O3. The molecule has 0 amide bonds. The first-order chi connectivity index (χ1) is 7.53. The molecule has 0 aliphatic carbocycles. The van der Waals surface area contributed by atoms with Gasteiger partial charge in [-0.2, -0.15) is 0 Å². The first kappa shape index (κ1) is 10.9. The Balaban J connectivity index is 2.35. The minimum absolute atomic E-state index is 0.195. The predicted octanol–water partition coefficient (Wildman–Crippen LogP) is -0.260. The molecule has 0 bridgehead atoms. The molecule has 88 valence electrons. The van der Waals surface area contributed by atoms with Gasteiger partial charge in [0.2, 0.25) is 5.75 Å². The lowest BCUT2D eigenvalue weighted by molar-refractivity contribution is 0.0838. The highest BCUT2D eigenvalue weighted by molar-refractivity contribution is 5.51. The number of aromatic nitrogens is 2. The molecule has 2 N–H and O–H groups in total. The third kappa shape index (κ3) is 1.88. The van der Waals surface area contributed by atoms with Crippen LogP contribution >= 0.6 is 0 Å². The summed E-state index contributed by atoms with van der Waals surface area (Å²) in [5.74, 6) is 0.684. The number of aliphatic hydroxyl groups is 1. The standard InChI is InChI=1S/C10H15N3O3/c1-10(15)3-4-13(5-10)8-7(16-2)9(14)12-6-11-8/h6,15H,3-5H2,1-2H3,(H,11,12,14). The van der Waals surface area contributed by atoms with E-state index < -0.39 is 5.60 Å². The summed E-state index contributed by atoms with van der Waals surface area (Å²) in [4.78, 5) is 19.9. The van der Waals surface area contributed by atoms with Crippen molar-refractivity contribution in [2.24, 2.45) is 0 Å². The van der Waals surface area contributed by atoms with E-state index in [1.54, 1.807) is 6.92 Å². The Kier molecular flexibility index (Phi) is 2.59. The Hall–Kier alpha value is -1.56. The lowest BCUT2D eigenvalue weighted by Crippen LogP contribution is -2.31. The van der Waals surface area contributed by atoms with Crippen LogP contribution in [0.2, 0.25) is 0 Å². The fourth-order valence-corrected chi connectivity index (χ4v) is 1.91. The number of aromatic amines is 1. The second-order valence-electron chi connectivity index (χ2n) is 4.26. The summed E-state index contributed by atoms with van der Waals surface area (Å²) in [7, 11) is 1.43. The van der Waals surface area contributed by atoms with E-state index in [9.17, 15) is 9.90 Å². The van der Waals surface area contributed by atoms with E-state index >= 15 is 0 Å². The molecule has 1 unspecified atom stereocenters. The Morgan fingerprint density at radius 1 is 1.69 bits per heavy atom. The van der Waals surface area contributed by atoms with Crippen LogP contribution in [-0.2, 0) is 0 Å². The van der Waals surface area contributed by atoms with Gasteiger partial charge in [0.05, 0.1) is 19.0 Å². The molecule has 0 radical (unpaired) electrons. The van der Waals surface area contributed by atoms with E-state index in [4.69, 9.17) is 4.74 Å². The first-order valence-electron chi connectivity index (χ1n) is 5.12. The summed E-state index contributed by atoms with van der Waals surface area (Å²) < 4.78 is 5.03. The predicted molar refractivity (Wildman–Crippen MR) is 58.9 cm³/mol. The molecule has 1 atom stereocenters. The van der Waals surface area contributed by atoms with E-state index in [0.717, 1.165) is 0 Å². The quantitative estimate of drug-likeness (QED) is 0.725. The summed E-state index contributed by atoms with van der Waals surface area (Å²) in [5.41, 5.74) is -1.03. The van der Waals surface area contributed by atoms with Crippen molar-refractivity contribution >= 4 is 5.82 Å². The number of β-amino-alcohol motifs (C(OH)–C–C–N with tert-alkyl or cyclic N) is 1. The van der Waals surface area contributed by atoms with Crippen LogP contribution in [0.25, 0.3) is 0 Å². The number of ether oxygens (including phenoxy) is 1. The second kappa shape index (κ2) is 3.79. The Labute approximate surface area is 92.9 Å². The van der Waals surface area contributed by atoms with Gasteiger partial charge in [0.25, 0.3) is 5.56 Å². The molecule has 1 fully saturated rings. The SMILES string of the molecule is COc1c(N2CCC(C)(O)C2)nc[nH]c1=O. The molecule has 2 heterocycles. The first-order valence-corrected chi connectivity index (χ1v) is 5.12. The molecule has 1 aliphatic rings. The zero-order valence-corrected chi connectivity index (χ0v) is 9.36. The van der Waals surface area contributed by atoms with Crippen LogP contribution < -0.4 is 15.2 Å². The maximum atomic E-state index is 11.5. The third-order valence-electron chi connectivity index (χ3n) is 2.75. The third-order valence-corrected chi connectivity index (χ3v) is 2.75. The summed E-state index contributed by atoms with van der Waals surface area (Å²) >= 11 is 0. The molecular weight excluding hydrogens is 210 g/mol. The van der Waals surface area contributed by atoms with Gasteiger partial charge in [-0.1, -0.05) is 0 Å². The Morgan fingerprint density at radius 3 is 3.00 bits per heavy atom. The number of anilines is 1. The number of H-pyrrole nitrogens is 1. The zero-order valence-electron chi connectivity index (χ0n) is 9.36. The van der Waals surface area contributed by atoms with Crippen molar-refractivity contribution < 1.29 is 9.84 Å². The van der Waals surface area contributed by atoms with Gasteiger partial charge in [0.15, 0.2) is 5.82 Å². The zero-order chi connectivity index (χ0) is 11.8. The lowest BCUT2D eigenvalue weighted by atomic mass is 10.1. The van der Waals surface area contributed by atoms with Gasteiger partial charge >= 0.3 is 0 Å². The van der Waals surface area contributed by atoms with Crippen molar-refractivity contribution in [3.63, 3.8) is 0 Å². The second-order valence-corrected chi connectivity index (χ2v) is 4.26. The molecule has 1 aliphatic heterocycles. The largest absolute Gasteiger partial charge is 0.489 e. The topological polar surface area (TPSA) is 78.5 Å². The molecule has 1 saturated heterocycles. The number of hydrogen-bond donors (Lipinski definition) is 2. The van der Waals surface area contributed by atoms with Crippen molar-refractivity contribution in [1.82, 2.24) is 9.97 Å². The van der Waals surface area contributed by atoms with E-state index in [2.05, 4.69) is 9.97 Å². The Morgan fingerprint density at radius 2 is 2.44 bits per heavy atom. The summed E-state index contributed by atoms with van der Waals surface area (Å²) in [5, 5.41) is 9.86. The molecule has 0 aromatic carbocycles. The number of rotatable bonds is 2. The van der Waals surface area contributed by atoms with Crippen LogP contribution in [0.4, 0.5) is 5.82 Å². The van der Waals surface area contributed by atoms with Gasteiger partial charge in [-0.25, -0.2) is 4.98 Å². The van der Waals surface area contributed by atoms with Crippen LogP contribution in [0.15, 0.2) is 11.1 Å². The monoisotopic (exact) mass is 225 g/mol. The molecule has 1 aromatic rings. The van der Waals surface area contributed by atoms with Crippen molar-refractivity contribution in [3.05, 3.63) is 16.7 Å². The molecule has 0 spiro atoms. The van der Waals surface area contributed by atoms with Gasteiger partial charge < -0.3 is 19.7 Å². The van der Waals surface area contributed by atoms with Gasteiger partial charge in [-0.3, -0.25) is 4.79 Å². The molecule has 2 rings (SSSR count). The van der Waals surface area contributed by atoms with Crippen LogP contribution in [0.5, 0.6) is 5.75 Å². The summed E-state index contributed by atoms with van der Waals surface area (Å²) in [6, 6.07) is 0. The molecule has 6 heteroatoms. The number of methoxy groups -OCH3 is 1. The minimum Gasteiger partial charge on any atom is -0.489 e. The van der Waals surface area contributed by atoms with Crippen LogP contribution in [-0.4, -0.2) is 40.9 Å². The van der Waals surface area contributed by atoms with Crippen molar-refractivity contribution in [1.29, 1.82) is 0 Å². The Bertz CT molecular complexity index is 441. The van der Waals surface area contributed by atoms with E-state index in [1.165, 1.54) is 13.4 Å². The van der Waals surface area contributed by atoms with Gasteiger partial charge in [-0.05, 0) is 13.3 Å². The summed E-state index contributed by atoms with van der Waals surface area (Å²) in [6.07, 6.45) is 2.00. The minimum atomic E-state index is -0.727. The smallest absolute Gasteiger partial charge is 0.295 e. The van der Waals surface area contributed by atoms with Gasteiger partial charge in [-0.15, -0.1) is 0 Å². The fourth-order valence-electron chi connectivity index (χ4n) is 1.91. The van der Waals surface area contributed by atoms with E-state index in [0.29, 0.717) is 25.3 Å². The van der Waals surface area contributed by atoms with E-state index in [-0.39, 0.29) is 11.3 Å². The van der Waals surface area contributed by atoms with Gasteiger partial charge in [0.1, 0.15) is 0 Å². The van der Waals surface area contributed by atoms with Crippen molar-refractivity contribution in [2.75, 3.05) is 25.1 Å². The highest BCUT2D eigenvalue weighted by atomic mass is 16.5. The average molecular weight is 225 g/mol. The number of hydrogen-bond acceptors (Lipinski definition) is 5. The summed E-state index contributed by atoms with van der Waals surface area (Å²) in [6.45, 7) is 2.90. The fraction of sp³-hybridized carbons (Fsp3) is 0.600. The number of nitrogens with zero attached hydrogens (tertiary/aromatic N) is 2. The van der Waals surface area contributed by atoms with Crippen molar-refractivity contribution in [3.8, 4) is 5.75 Å². The van der Waals surface area contributed by atoms with Crippen molar-refractivity contribution in [2.45, 2.75) is 18.9 Å². The van der Waals surface area contributed by atoms with Crippen LogP contribution in [0.3, 0.4) is 0 Å².